The standard InChI is InChI=1S/C15H29N3O.HI/c1-12-5-7-13(8-6-12)10-17-15(16-2)18-11-14-4-3-9-19-14;/h12-14H,3-11H2,1-2H3,(H2,16,17,18);1H. The number of ether oxygens (including phenoxy) is 1. The summed E-state index contributed by atoms with van der Waals surface area (Å²) in [5, 5.41) is 6.83. The van der Waals surface area contributed by atoms with Crippen molar-refractivity contribution in [3.63, 3.8) is 0 Å². The molecule has 0 amide bonds. The minimum atomic E-state index is 0. The molecule has 2 N–H and O–H groups in total. The number of aliphatic imine (C=N–C) groups is 1. The van der Waals surface area contributed by atoms with Crippen LogP contribution in [0.5, 0.6) is 0 Å². The molecule has 0 bridgehead atoms. The molecular formula is C15H30IN3O. The average molecular weight is 395 g/mol. The second-order valence-corrected chi connectivity index (χ2v) is 6.09. The van der Waals surface area contributed by atoms with Crippen LogP contribution < -0.4 is 10.6 Å². The molecule has 1 atom stereocenters. The topological polar surface area (TPSA) is 45.7 Å². The highest BCUT2D eigenvalue weighted by molar-refractivity contribution is 14.0. The molecule has 0 aromatic heterocycles. The zero-order chi connectivity index (χ0) is 13.5. The second-order valence-electron chi connectivity index (χ2n) is 6.09. The molecule has 1 heterocycles. The molecule has 5 heteroatoms. The summed E-state index contributed by atoms with van der Waals surface area (Å²) in [6.45, 7) is 5.21. The van der Waals surface area contributed by atoms with E-state index in [2.05, 4.69) is 22.5 Å². The van der Waals surface area contributed by atoms with Crippen molar-refractivity contribution in [1.29, 1.82) is 0 Å². The number of guanidine groups is 1. The monoisotopic (exact) mass is 395 g/mol. The van der Waals surface area contributed by atoms with Crippen LogP contribution in [0.15, 0.2) is 4.99 Å². The first kappa shape index (κ1) is 18.0. The molecule has 2 rings (SSSR count). The fourth-order valence-corrected chi connectivity index (χ4v) is 3.01. The van der Waals surface area contributed by atoms with Crippen molar-refractivity contribution in [3.05, 3.63) is 0 Å². The molecule has 0 radical (unpaired) electrons. The lowest BCUT2D eigenvalue weighted by molar-refractivity contribution is 0.113. The Bertz CT molecular complexity index is 285. The molecule has 2 fully saturated rings. The fraction of sp³-hybridized carbons (Fsp3) is 0.933. The van der Waals surface area contributed by atoms with Gasteiger partial charge in [-0.15, -0.1) is 24.0 Å². The van der Waals surface area contributed by atoms with Crippen molar-refractivity contribution in [2.24, 2.45) is 16.8 Å². The van der Waals surface area contributed by atoms with E-state index in [9.17, 15) is 0 Å². The van der Waals surface area contributed by atoms with Gasteiger partial charge in [0.2, 0.25) is 0 Å². The Morgan fingerprint density at radius 2 is 1.80 bits per heavy atom. The molecule has 1 unspecified atom stereocenters. The highest BCUT2D eigenvalue weighted by atomic mass is 127. The zero-order valence-corrected chi connectivity index (χ0v) is 15.2. The number of rotatable bonds is 4. The van der Waals surface area contributed by atoms with Crippen molar-refractivity contribution < 1.29 is 4.74 Å². The highest BCUT2D eigenvalue weighted by Gasteiger charge is 2.19. The lowest BCUT2D eigenvalue weighted by Gasteiger charge is -2.27. The summed E-state index contributed by atoms with van der Waals surface area (Å²) in [6.07, 6.45) is 8.22. The molecule has 118 valence electrons. The van der Waals surface area contributed by atoms with Gasteiger partial charge < -0.3 is 15.4 Å². The molecule has 0 spiro atoms. The largest absolute Gasteiger partial charge is 0.376 e. The third-order valence-corrected chi connectivity index (χ3v) is 4.44. The van der Waals surface area contributed by atoms with E-state index in [-0.39, 0.29) is 24.0 Å². The Hall–Kier alpha value is -0.0400. The average Bonchev–Trinajstić information content (AvgIpc) is 2.94. The van der Waals surface area contributed by atoms with Crippen LogP contribution in [0.2, 0.25) is 0 Å². The van der Waals surface area contributed by atoms with Crippen LogP contribution in [0.3, 0.4) is 0 Å². The first-order valence-corrected chi connectivity index (χ1v) is 7.84. The normalized spacial score (nSPS) is 30.7. The molecule has 1 aliphatic carbocycles. The first-order valence-electron chi connectivity index (χ1n) is 7.84. The van der Waals surface area contributed by atoms with Gasteiger partial charge in [0.1, 0.15) is 0 Å². The van der Waals surface area contributed by atoms with Gasteiger partial charge in [0.25, 0.3) is 0 Å². The molecular weight excluding hydrogens is 365 g/mol. The van der Waals surface area contributed by atoms with Crippen LogP contribution in [0.4, 0.5) is 0 Å². The Morgan fingerprint density at radius 1 is 1.10 bits per heavy atom. The summed E-state index contributed by atoms with van der Waals surface area (Å²) >= 11 is 0. The van der Waals surface area contributed by atoms with Gasteiger partial charge in [-0.3, -0.25) is 4.99 Å². The maximum absolute atomic E-state index is 5.61. The van der Waals surface area contributed by atoms with Gasteiger partial charge in [0, 0.05) is 26.7 Å². The maximum Gasteiger partial charge on any atom is 0.191 e. The van der Waals surface area contributed by atoms with Crippen molar-refractivity contribution in [1.82, 2.24) is 10.6 Å². The first-order chi connectivity index (χ1) is 9.28. The van der Waals surface area contributed by atoms with Gasteiger partial charge in [0.15, 0.2) is 5.96 Å². The van der Waals surface area contributed by atoms with Gasteiger partial charge in [-0.1, -0.05) is 19.8 Å². The van der Waals surface area contributed by atoms with E-state index in [1.807, 2.05) is 7.05 Å². The number of hydrogen-bond donors (Lipinski definition) is 2. The summed E-state index contributed by atoms with van der Waals surface area (Å²) in [5.74, 6) is 2.67. The predicted octanol–water partition coefficient (Wildman–Crippen LogP) is 2.77. The highest BCUT2D eigenvalue weighted by Crippen LogP contribution is 2.27. The molecule has 2 aliphatic rings. The van der Waals surface area contributed by atoms with Crippen molar-refractivity contribution in [2.75, 3.05) is 26.7 Å². The molecule has 0 aromatic rings. The summed E-state index contributed by atoms with van der Waals surface area (Å²) in [5.41, 5.74) is 0. The Balaban J connectivity index is 0.00000200. The Morgan fingerprint density at radius 3 is 2.40 bits per heavy atom. The van der Waals surface area contributed by atoms with Gasteiger partial charge >= 0.3 is 0 Å². The summed E-state index contributed by atoms with van der Waals surface area (Å²) in [4.78, 5) is 4.29. The van der Waals surface area contributed by atoms with E-state index in [0.717, 1.165) is 37.5 Å². The Kier molecular flexibility index (Phi) is 8.84. The third-order valence-electron chi connectivity index (χ3n) is 4.44. The van der Waals surface area contributed by atoms with Crippen LogP contribution >= 0.6 is 24.0 Å². The fourth-order valence-electron chi connectivity index (χ4n) is 3.01. The van der Waals surface area contributed by atoms with Crippen LogP contribution in [-0.4, -0.2) is 38.8 Å². The van der Waals surface area contributed by atoms with Crippen molar-refractivity contribution in [2.45, 2.75) is 51.6 Å². The third kappa shape index (κ3) is 6.16. The molecule has 0 aromatic carbocycles. The molecule has 4 nitrogen and oxygen atoms in total. The van der Waals surface area contributed by atoms with Crippen molar-refractivity contribution in [3.8, 4) is 0 Å². The minimum absolute atomic E-state index is 0. The zero-order valence-electron chi connectivity index (χ0n) is 12.9. The summed E-state index contributed by atoms with van der Waals surface area (Å²) in [6, 6.07) is 0. The van der Waals surface area contributed by atoms with Gasteiger partial charge in [-0.2, -0.15) is 0 Å². The van der Waals surface area contributed by atoms with E-state index in [1.54, 1.807) is 0 Å². The van der Waals surface area contributed by atoms with E-state index >= 15 is 0 Å². The lowest BCUT2D eigenvalue weighted by Crippen LogP contribution is -2.43. The number of hydrogen-bond acceptors (Lipinski definition) is 2. The van der Waals surface area contributed by atoms with Gasteiger partial charge in [-0.25, -0.2) is 0 Å². The molecule has 1 saturated carbocycles. The van der Waals surface area contributed by atoms with Gasteiger partial charge in [0.05, 0.1) is 6.10 Å². The summed E-state index contributed by atoms with van der Waals surface area (Å²) < 4.78 is 5.61. The summed E-state index contributed by atoms with van der Waals surface area (Å²) in [7, 11) is 1.84. The number of nitrogens with one attached hydrogen (secondary N) is 2. The molecule has 1 aliphatic heterocycles. The Labute approximate surface area is 140 Å². The van der Waals surface area contributed by atoms with Crippen LogP contribution in [0, 0.1) is 11.8 Å². The van der Waals surface area contributed by atoms with Gasteiger partial charge in [-0.05, 0) is 37.5 Å². The number of nitrogens with zero attached hydrogens (tertiary/aromatic N) is 1. The lowest BCUT2D eigenvalue weighted by atomic mass is 9.83. The molecule has 1 saturated heterocycles. The van der Waals surface area contributed by atoms with Crippen LogP contribution in [-0.2, 0) is 4.74 Å². The smallest absolute Gasteiger partial charge is 0.191 e. The molecule has 20 heavy (non-hydrogen) atoms. The SMILES string of the molecule is CN=C(NCC1CCC(C)CC1)NCC1CCCO1.I. The van der Waals surface area contributed by atoms with E-state index < -0.39 is 0 Å². The van der Waals surface area contributed by atoms with E-state index in [1.165, 1.54) is 38.5 Å². The van der Waals surface area contributed by atoms with Crippen molar-refractivity contribution >= 4 is 29.9 Å². The minimum Gasteiger partial charge on any atom is -0.376 e. The predicted molar refractivity (Wildman–Crippen MR) is 94.9 cm³/mol. The van der Waals surface area contributed by atoms with Crippen LogP contribution in [0.1, 0.15) is 45.4 Å². The second kappa shape index (κ2) is 9.82. The quantitative estimate of drug-likeness (QED) is 0.437. The number of halogens is 1. The van der Waals surface area contributed by atoms with E-state index in [4.69, 9.17) is 4.74 Å². The van der Waals surface area contributed by atoms with Crippen LogP contribution in [0.25, 0.3) is 0 Å². The van der Waals surface area contributed by atoms with E-state index in [0.29, 0.717) is 6.10 Å². The maximum atomic E-state index is 5.61.